The predicted molar refractivity (Wildman–Crippen MR) is 58.5 cm³/mol. The molecular formula is C10H11BrN2O2. The van der Waals surface area contributed by atoms with Crippen LogP contribution in [0.15, 0.2) is 22.9 Å². The number of carbonyl (C=O) groups excluding carboxylic acids is 1. The third-order valence-electron chi connectivity index (χ3n) is 2.52. The monoisotopic (exact) mass is 270 g/mol. The summed E-state index contributed by atoms with van der Waals surface area (Å²) in [5, 5.41) is 11.9. The summed E-state index contributed by atoms with van der Waals surface area (Å²) in [6, 6.07) is 3.30. The summed E-state index contributed by atoms with van der Waals surface area (Å²) in [4.78, 5) is 15.7. The van der Waals surface area contributed by atoms with E-state index in [2.05, 4.69) is 26.2 Å². The van der Waals surface area contributed by atoms with Gasteiger partial charge in [0.15, 0.2) is 0 Å². The van der Waals surface area contributed by atoms with Crippen LogP contribution in [-0.4, -0.2) is 28.1 Å². The van der Waals surface area contributed by atoms with E-state index < -0.39 is 0 Å². The zero-order valence-corrected chi connectivity index (χ0v) is 9.62. The number of aromatic nitrogens is 1. The van der Waals surface area contributed by atoms with Crippen LogP contribution >= 0.6 is 15.9 Å². The molecule has 0 radical (unpaired) electrons. The molecule has 5 heteroatoms. The van der Waals surface area contributed by atoms with Gasteiger partial charge in [-0.15, -0.1) is 0 Å². The Morgan fingerprint density at radius 1 is 1.67 bits per heavy atom. The lowest BCUT2D eigenvalue weighted by atomic mass is 10.2. The number of hydrogen-bond acceptors (Lipinski definition) is 3. The Hall–Kier alpha value is -0.940. The van der Waals surface area contributed by atoms with E-state index >= 15 is 0 Å². The average molecular weight is 271 g/mol. The molecule has 0 atom stereocenters. The minimum absolute atomic E-state index is 0.00495. The molecule has 1 amide bonds. The maximum absolute atomic E-state index is 11.7. The molecule has 0 aromatic carbocycles. The van der Waals surface area contributed by atoms with Crippen LogP contribution < -0.4 is 5.32 Å². The van der Waals surface area contributed by atoms with Gasteiger partial charge in [-0.1, -0.05) is 0 Å². The van der Waals surface area contributed by atoms with Crippen molar-refractivity contribution in [3.05, 3.63) is 28.5 Å². The second kappa shape index (κ2) is 3.90. The highest BCUT2D eigenvalue weighted by molar-refractivity contribution is 9.10. The SMILES string of the molecule is O=C(NC1(CO)CC1)c1ccnc(Br)c1. The summed E-state index contributed by atoms with van der Waals surface area (Å²) >= 11 is 3.20. The molecule has 0 bridgehead atoms. The van der Waals surface area contributed by atoms with Crippen molar-refractivity contribution >= 4 is 21.8 Å². The number of halogens is 1. The topological polar surface area (TPSA) is 62.2 Å². The summed E-state index contributed by atoms with van der Waals surface area (Å²) < 4.78 is 0.629. The van der Waals surface area contributed by atoms with Gasteiger partial charge >= 0.3 is 0 Å². The fourth-order valence-electron chi connectivity index (χ4n) is 1.33. The van der Waals surface area contributed by atoms with Gasteiger partial charge in [0, 0.05) is 11.8 Å². The second-order valence-corrected chi connectivity index (χ2v) is 4.57. The fraction of sp³-hybridized carbons (Fsp3) is 0.400. The Bertz CT molecular complexity index is 391. The molecule has 2 rings (SSSR count). The van der Waals surface area contributed by atoms with Gasteiger partial charge < -0.3 is 10.4 Å². The Labute approximate surface area is 95.8 Å². The van der Waals surface area contributed by atoms with Crippen molar-refractivity contribution in [2.24, 2.45) is 0 Å². The first-order chi connectivity index (χ1) is 7.15. The van der Waals surface area contributed by atoms with Crippen molar-refractivity contribution in [2.75, 3.05) is 6.61 Å². The smallest absolute Gasteiger partial charge is 0.251 e. The zero-order chi connectivity index (χ0) is 10.9. The Morgan fingerprint density at radius 3 is 2.93 bits per heavy atom. The molecule has 1 aromatic rings. The molecule has 0 spiro atoms. The van der Waals surface area contributed by atoms with E-state index in [-0.39, 0.29) is 18.1 Å². The van der Waals surface area contributed by atoms with Crippen LogP contribution in [0.1, 0.15) is 23.2 Å². The third kappa shape index (κ3) is 2.35. The van der Waals surface area contributed by atoms with E-state index in [1.54, 1.807) is 18.3 Å². The molecule has 15 heavy (non-hydrogen) atoms. The number of nitrogens with one attached hydrogen (secondary N) is 1. The number of aliphatic hydroxyl groups is 1. The molecule has 4 nitrogen and oxygen atoms in total. The number of hydrogen-bond donors (Lipinski definition) is 2. The first-order valence-corrected chi connectivity index (χ1v) is 5.49. The highest BCUT2D eigenvalue weighted by atomic mass is 79.9. The van der Waals surface area contributed by atoms with E-state index in [0.717, 1.165) is 12.8 Å². The highest BCUT2D eigenvalue weighted by Crippen LogP contribution is 2.34. The summed E-state index contributed by atoms with van der Waals surface area (Å²) in [7, 11) is 0. The maximum atomic E-state index is 11.7. The Balaban J connectivity index is 2.08. The van der Waals surface area contributed by atoms with Crippen LogP contribution in [0.2, 0.25) is 0 Å². The van der Waals surface area contributed by atoms with Gasteiger partial charge in [0.05, 0.1) is 12.1 Å². The van der Waals surface area contributed by atoms with E-state index in [4.69, 9.17) is 5.11 Å². The van der Waals surface area contributed by atoms with Gasteiger partial charge in [-0.2, -0.15) is 0 Å². The van der Waals surface area contributed by atoms with Crippen molar-refractivity contribution < 1.29 is 9.90 Å². The van der Waals surface area contributed by atoms with Crippen LogP contribution in [0.25, 0.3) is 0 Å². The van der Waals surface area contributed by atoms with Gasteiger partial charge in [0.2, 0.25) is 0 Å². The Morgan fingerprint density at radius 2 is 2.40 bits per heavy atom. The number of pyridine rings is 1. The first kappa shape index (κ1) is 10.6. The zero-order valence-electron chi connectivity index (χ0n) is 8.03. The normalized spacial score (nSPS) is 17.2. The molecule has 1 saturated carbocycles. The van der Waals surface area contributed by atoms with E-state index in [1.807, 2.05) is 0 Å². The van der Waals surface area contributed by atoms with Crippen molar-refractivity contribution in [1.29, 1.82) is 0 Å². The standard InChI is InChI=1S/C10H11BrN2O2/c11-8-5-7(1-4-12-8)9(15)13-10(6-14)2-3-10/h1,4-5,14H,2-3,6H2,(H,13,15). The summed E-state index contributed by atoms with van der Waals surface area (Å²) in [6.45, 7) is 0.00495. The lowest BCUT2D eigenvalue weighted by molar-refractivity contribution is 0.0906. The predicted octanol–water partition coefficient (Wildman–Crippen LogP) is 1.10. The lowest BCUT2D eigenvalue weighted by Crippen LogP contribution is -2.39. The fourth-order valence-corrected chi connectivity index (χ4v) is 1.70. The van der Waals surface area contributed by atoms with Crippen LogP contribution in [0.4, 0.5) is 0 Å². The van der Waals surface area contributed by atoms with Crippen LogP contribution in [-0.2, 0) is 0 Å². The lowest BCUT2D eigenvalue weighted by Gasteiger charge is -2.13. The van der Waals surface area contributed by atoms with Gasteiger partial charge in [0.25, 0.3) is 5.91 Å². The van der Waals surface area contributed by atoms with Crippen LogP contribution in [0, 0.1) is 0 Å². The van der Waals surface area contributed by atoms with E-state index in [1.165, 1.54) is 0 Å². The summed E-state index contributed by atoms with van der Waals surface area (Å²) in [5.41, 5.74) is 0.184. The number of aliphatic hydroxyl groups excluding tert-OH is 1. The second-order valence-electron chi connectivity index (χ2n) is 3.76. The molecule has 1 aliphatic rings. The average Bonchev–Trinajstić information content (AvgIpc) is 2.98. The molecule has 1 aliphatic carbocycles. The molecule has 80 valence electrons. The summed E-state index contributed by atoms with van der Waals surface area (Å²) in [5.74, 6) is -0.162. The molecular weight excluding hydrogens is 260 g/mol. The highest BCUT2D eigenvalue weighted by Gasteiger charge is 2.43. The van der Waals surface area contributed by atoms with Gasteiger partial charge in [-0.25, -0.2) is 4.98 Å². The maximum Gasteiger partial charge on any atom is 0.251 e. The number of nitrogens with zero attached hydrogens (tertiary/aromatic N) is 1. The Kier molecular flexibility index (Phi) is 2.75. The van der Waals surface area contributed by atoms with Crippen LogP contribution in [0.3, 0.4) is 0 Å². The first-order valence-electron chi connectivity index (χ1n) is 4.70. The molecule has 1 aromatic heterocycles. The van der Waals surface area contributed by atoms with Crippen LogP contribution in [0.5, 0.6) is 0 Å². The van der Waals surface area contributed by atoms with Gasteiger partial charge in [-0.05, 0) is 40.9 Å². The van der Waals surface area contributed by atoms with Crippen molar-refractivity contribution in [3.8, 4) is 0 Å². The molecule has 1 fully saturated rings. The van der Waals surface area contributed by atoms with Crippen molar-refractivity contribution in [3.63, 3.8) is 0 Å². The minimum Gasteiger partial charge on any atom is -0.394 e. The van der Waals surface area contributed by atoms with Crippen molar-refractivity contribution in [2.45, 2.75) is 18.4 Å². The third-order valence-corrected chi connectivity index (χ3v) is 2.96. The number of rotatable bonds is 3. The van der Waals surface area contributed by atoms with Gasteiger partial charge in [0.1, 0.15) is 4.60 Å². The van der Waals surface area contributed by atoms with E-state index in [9.17, 15) is 4.79 Å². The molecule has 2 N–H and O–H groups in total. The van der Waals surface area contributed by atoms with Crippen molar-refractivity contribution in [1.82, 2.24) is 10.3 Å². The quantitative estimate of drug-likeness (QED) is 0.809. The van der Waals surface area contributed by atoms with Gasteiger partial charge in [-0.3, -0.25) is 4.79 Å². The largest absolute Gasteiger partial charge is 0.394 e. The molecule has 0 saturated heterocycles. The number of amides is 1. The molecule has 0 aliphatic heterocycles. The molecule has 0 unspecified atom stereocenters. The van der Waals surface area contributed by atoms with E-state index in [0.29, 0.717) is 10.2 Å². The molecule has 1 heterocycles. The minimum atomic E-state index is -0.368. The summed E-state index contributed by atoms with van der Waals surface area (Å²) in [6.07, 6.45) is 3.26. The number of carbonyl (C=O) groups is 1.